The number of hydrogen-bond acceptors (Lipinski definition) is 7. The Kier molecular flexibility index (Phi) is 7.48. The molecule has 5 rings (SSSR count). The zero-order chi connectivity index (χ0) is 28.5. The normalized spacial score (nSPS) is 19.6. The van der Waals surface area contributed by atoms with Gasteiger partial charge in [0.1, 0.15) is 16.9 Å². The molecule has 1 aliphatic heterocycles. The van der Waals surface area contributed by atoms with Gasteiger partial charge in [-0.1, -0.05) is 57.2 Å². The van der Waals surface area contributed by atoms with E-state index in [9.17, 15) is 14.7 Å². The van der Waals surface area contributed by atoms with E-state index in [4.69, 9.17) is 4.74 Å². The van der Waals surface area contributed by atoms with Crippen LogP contribution in [0.3, 0.4) is 0 Å². The summed E-state index contributed by atoms with van der Waals surface area (Å²) >= 11 is 1.40. The lowest BCUT2D eigenvalue weighted by Crippen LogP contribution is -2.58. The second kappa shape index (κ2) is 10.9. The van der Waals surface area contributed by atoms with Crippen LogP contribution in [0, 0.1) is 0 Å². The molecule has 10 heteroatoms. The molecule has 1 amide bonds. The van der Waals surface area contributed by atoms with E-state index in [0.717, 1.165) is 11.1 Å². The fraction of sp³-hybridized carbons (Fsp3) is 0.333. The monoisotopic (exact) mass is 559 g/mol. The van der Waals surface area contributed by atoms with E-state index in [2.05, 4.69) is 30.9 Å². The van der Waals surface area contributed by atoms with Crippen molar-refractivity contribution in [2.24, 2.45) is 0 Å². The number of carbonyl (C=O) groups is 2. The quantitative estimate of drug-likeness (QED) is 0.330. The number of thiazole rings is 1. The van der Waals surface area contributed by atoms with E-state index in [1.165, 1.54) is 16.2 Å². The highest BCUT2D eigenvalue weighted by molar-refractivity contribution is 7.09. The van der Waals surface area contributed by atoms with Gasteiger partial charge in [-0.25, -0.2) is 9.78 Å². The van der Waals surface area contributed by atoms with Crippen molar-refractivity contribution in [3.05, 3.63) is 100 Å². The van der Waals surface area contributed by atoms with Crippen LogP contribution in [0.25, 0.3) is 0 Å². The van der Waals surface area contributed by atoms with Gasteiger partial charge in [-0.05, 0) is 34.7 Å². The molecule has 3 heterocycles. The first-order chi connectivity index (χ1) is 19.1. The summed E-state index contributed by atoms with van der Waals surface area (Å²) in [6, 6.07) is 16.9. The van der Waals surface area contributed by atoms with Gasteiger partial charge in [-0.3, -0.25) is 19.3 Å². The van der Waals surface area contributed by atoms with E-state index in [-0.39, 0.29) is 18.5 Å². The molecule has 1 saturated heterocycles. The van der Waals surface area contributed by atoms with E-state index >= 15 is 0 Å². The Balaban J connectivity index is 1.67. The average Bonchev–Trinajstić information content (AvgIpc) is 3.69. The molecule has 0 spiro atoms. The fourth-order valence-electron chi connectivity index (χ4n) is 5.40. The van der Waals surface area contributed by atoms with Gasteiger partial charge in [0, 0.05) is 42.6 Å². The zero-order valence-corrected chi connectivity index (χ0v) is 23.8. The second-order valence-corrected chi connectivity index (χ2v) is 11.9. The number of aromatic nitrogens is 3. The topological polar surface area (TPSA) is 101 Å². The van der Waals surface area contributed by atoms with Crippen molar-refractivity contribution < 1.29 is 19.4 Å². The molecule has 40 heavy (non-hydrogen) atoms. The summed E-state index contributed by atoms with van der Waals surface area (Å²) in [5, 5.41) is 17.7. The van der Waals surface area contributed by atoms with Gasteiger partial charge in [0.05, 0.1) is 13.7 Å². The maximum absolute atomic E-state index is 14.6. The number of benzene rings is 2. The second-order valence-electron chi connectivity index (χ2n) is 11.0. The van der Waals surface area contributed by atoms with Crippen LogP contribution in [0.5, 0.6) is 5.75 Å². The average molecular weight is 560 g/mol. The first-order valence-electron chi connectivity index (χ1n) is 13.0. The Hall–Kier alpha value is -4.02. The lowest BCUT2D eigenvalue weighted by molar-refractivity contribution is -0.149. The summed E-state index contributed by atoms with van der Waals surface area (Å²) in [5.41, 5.74) is 0.481. The highest BCUT2D eigenvalue weighted by Crippen LogP contribution is 2.44. The molecule has 1 aliphatic rings. The third kappa shape index (κ3) is 5.12. The predicted octanol–water partition coefficient (Wildman–Crippen LogP) is 4.83. The highest BCUT2D eigenvalue weighted by atomic mass is 32.1. The minimum atomic E-state index is -1.62. The molecule has 0 bridgehead atoms. The van der Waals surface area contributed by atoms with Gasteiger partial charge in [-0.2, -0.15) is 5.10 Å². The Morgan fingerprint density at radius 2 is 1.90 bits per heavy atom. The summed E-state index contributed by atoms with van der Waals surface area (Å²) in [4.78, 5) is 35.9. The van der Waals surface area contributed by atoms with Crippen molar-refractivity contribution in [1.29, 1.82) is 0 Å². The molecule has 1 N–H and O–H groups in total. The van der Waals surface area contributed by atoms with Crippen LogP contribution in [-0.2, 0) is 23.3 Å². The number of nitrogens with zero attached hydrogens (tertiary/aromatic N) is 5. The summed E-state index contributed by atoms with van der Waals surface area (Å²) < 4.78 is 7.26. The Morgan fingerprint density at radius 3 is 2.50 bits per heavy atom. The van der Waals surface area contributed by atoms with Gasteiger partial charge in [0.25, 0.3) is 5.91 Å². The van der Waals surface area contributed by atoms with Gasteiger partial charge in [0.15, 0.2) is 5.54 Å². The number of hydrogen-bond donors (Lipinski definition) is 1. The van der Waals surface area contributed by atoms with Gasteiger partial charge in [-0.15, -0.1) is 11.3 Å². The van der Waals surface area contributed by atoms with Crippen molar-refractivity contribution in [3.63, 3.8) is 0 Å². The van der Waals surface area contributed by atoms with Gasteiger partial charge in [0.2, 0.25) is 0 Å². The smallest absolute Gasteiger partial charge is 0.333 e. The Morgan fingerprint density at radius 1 is 1.12 bits per heavy atom. The van der Waals surface area contributed by atoms with Crippen LogP contribution in [0.4, 0.5) is 0 Å². The van der Waals surface area contributed by atoms with Crippen LogP contribution in [-0.4, -0.2) is 60.7 Å². The third-order valence-corrected chi connectivity index (χ3v) is 8.09. The standard InChI is InChI=1S/C30H33N5O4S/c1-29(2,3)23-12-11-22(17-24(23)39-4)27(36)35-26(25-31-14-16-40-25)33(18-21-9-6-5-7-10-21)19-30(35,28(37)38)20-34-15-8-13-32-34/h5-17,26H,18-20H2,1-4H3,(H,37,38). The molecular weight excluding hydrogens is 526 g/mol. The van der Waals surface area contributed by atoms with Gasteiger partial charge >= 0.3 is 5.97 Å². The van der Waals surface area contributed by atoms with Crippen molar-refractivity contribution in [2.75, 3.05) is 13.7 Å². The number of carboxylic acids is 1. The summed E-state index contributed by atoms with van der Waals surface area (Å²) in [6.07, 6.45) is 4.30. The van der Waals surface area contributed by atoms with Crippen molar-refractivity contribution >= 4 is 23.2 Å². The number of ether oxygens (including phenoxy) is 1. The third-order valence-electron chi connectivity index (χ3n) is 7.27. The largest absolute Gasteiger partial charge is 0.496 e. The van der Waals surface area contributed by atoms with Crippen LogP contribution in [0.15, 0.2) is 78.6 Å². The zero-order valence-electron chi connectivity index (χ0n) is 23.0. The predicted molar refractivity (Wildman–Crippen MR) is 152 cm³/mol. The number of methoxy groups -OCH3 is 1. The molecule has 9 nitrogen and oxygen atoms in total. The maximum Gasteiger partial charge on any atom is 0.333 e. The van der Waals surface area contributed by atoms with Crippen LogP contribution in [0.2, 0.25) is 0 Å². The number of carboxylic acid groups (broad SMARTS) is 1. The minimum Gasteiger partial charge on any atom is -0.496 e. The van der Waals surface area contributed by atoms with Crippen molar-refractivity contribution in [1.82, 2.24) is 24.6 Å². The molecule has 0 aliphatic carbocycles. The number of carbonyl (C=O) groups excluding carboxylic acids is 1. The van der Waals surface area contributed by atoms with Crippen molar-refractivity contribution in [3.8, 4) is 5.75 Å². The van der Waals surface area contributed by atoms with Crippen LogP contribution in [0.1, 0.15) is 53.4 Å². The molecule has 208 valence electrons. The number of amides is 1. The fourth-order valence-corrected chi connectivity index (χ4v) is 6.16. The SMILES string of the molecule is COc1cc(C(=O)N2C(c3nccs3)N(Cc3ccccc3)CC2(Cn2cccn2)C(=O)O)ccc1C(C)(C)C. The van der Waals surface area contributed by atoms with Crippen LogP contribution < -0.4 is 4.74 Å². The minimum absolute atomic E-state index is 0.0224. The van der Waals surface area contributed by atoms with Crippen molar-refractivity contribution in [2.45, 2.75) is 51.0 Å². The molecule has 0 saturated carbocycles. The molecule has 2 aromatic heterocycles. The summed E-state index contributed by atoms with van der Waals surface area (Å²) in [5.74, 6) is -0.937. The molecule has 4 aromatic rings. The van der Waals surface area contributed by atoms with E-state index in [0.29, 0.717) is 22.9 Å². The molecule has 2 aromatic carbocycles. The molecule has 0 radical (unpaired) electrons. The number of rotatable bonds is 8. The van der Waals surface area contributed by atoms with E-state index < -0.39 is 23.6 Å². The lowest BCUT2D eigenvalue weighted by Gasteiger charge is -2.36. The first kappa shape index (κ1) is 27.5. The molecule has 2 unspecified atom stereocenters. The van der Waals surface area contributed by atoms with Gasteiger partial charge < -0.3 is 9.84 Å². The maximum atomic E-state index is 14.6. The Bertz CT molecular complexity index is 1470. The molecular formula is C30H33N5O4S. The van der Waals surface area contributed by atoms with E-state index in [1.807, 2.05) is 46.7 Å². The summed E-state index contributed by atoms with van der Waals surface area (Å²) in [6.45, 7) is 6.73. The van der Waals surface area contributed by atoms with Crippen LogP contribution >= 0.6 is 11.3 Å². The number of aliphatic carboxylic acids is 1. The Labute approximate surface area is 237 Å². The summed E-state index contributed by atoms with van der Waals surface area (Å²) in [7, 11) is 1.58. The lowest BCUT2D eigenvalue weighted by atomic mass is 9.85. The first-order valence-corrected chi connectivity index (χ1v) is 13.9. The molecule has 1 fully saturated rings. The molecule has 2 atom stereocenters. The van der Waals surface area contributed by atoms with E-state index in [1.54, 1.807) is 48.6 Å². The highest BCUT2D eigenvalue weighted by Gasteiger charge is 2.59.